The fourth-order valence-corrected chi connectivity index (χ4v) is 4.67. The van der Waals surface area contributed by atoms with E-state index in [1.54, 1.807) is 49.4 Å². The summed E-state index contributed by atoms with van der Waals surface area (Å²) in [4.78, 5) is 24.6. The summed E-state index contributed by atoms with van der Waals surface area (Å²) < 4.78 is 31.1. The summed E-state index contributed by atoms with van der Waals surface area (Å²) in [5.74, 6) is -0.362. The first-order valence-electron chi connectivity index (χ1n) is 11.7. The quantitative estimate of drug-likeness (QED) is 0.275. The van der Waals surface area contributed by atoms with Gasteiger partial charge in [-0.2, -0.15) is 5.10 Å². The second-order valence-corrected chi connectivity index (χ2v) is 10.9. The molecule has 0 aliphatic heterocycles. The Bertz CT molecular complexity index is 1400. The van der Waals surface area contributed by atoms with Crippen molar-refractivity contribution in [2.45, 2.75) is 19.9 Å². The lowest BCUT2D eigenvalue weighted by atomic mass is 10.1. The molecule has 0 aliphatic rings. The van der Waals surface area contributed by atoms with E-state index in [0.29, 0.717) is 27.6 Å². The van der Waals surface area contributed by atoms with Gasteiger partial charge in [-0.3, -0.25) is 13.9 Å². The number of hydrogen-bond acceptors (Lipinski definition) is 6. The first kappa shape index (κ1) is 28.7. The van der Waals surface area contributed by atoms with Gasteiger partial charge in [0.1, 0.15) is 12.3 Å². The summed E-state index contributed by atoms with van der Waals surface area (Å²) in [6.45, 7) is 3.03. The lowest BCUT2D eigenvalue weighted by Crippen LogP contribution is -2.39. The van der Waals surface area contributed by atoms with Crippen LogP contribution in [-0.2, 0) is 19.6 Å². The van der Waals surface area contributed by atoms with Crippen LogP contribution in [0.5, 0.6) is 5.75 Å². The molecule has 2 N–H and O–H groups in total. The molecule has 38 heavy (non-hydrogen) atoms. The van der Waals surface area contributed by atoms with Crippen LogP contribution in [0, 0.1) is 6.92 Å². The Balaban J connectivity index is 1.50. The van der Waals surface area contributed by atoms with Crippen LogP contribution in [0.3, 0.4) is 0 Å². The molecule has 0 saturated carbocycles. The molecule has 1 atom stereocenters. The highest BCUT2D eigenvalue weighted by Crippen LogP contribution is 2.25. The summed E-state index contributed by atoms with van der Waals surface area (Å²) in [5, 5.41) is 7.25. The fourth-order valence-electron chi connectivity index (χ4n) is 3.53. The predicted octanol–water partition coefficient (Wildman–Crippen LogP) is 3.82. The summed E-state index contributed by atoms with van der Waals surface area (Å²) in [5.41, 5.74) is 4.97. The molecule has 3 rings (SSSR count). The number of anilines is 1. The lowest BCUT2D eigenvalue weighted by Gasteiger charge is -2.23. The van der Waals surface area contributed by atoms with Gasteiger partial charge in [-0.1, -0.05) is 41.9 Å². The van der Waals surface area contributed by atoms with E-state index in [1.165, 1.54) is 6.21 Å². The number of ether oxygens (including phenoxy) is 1. The minimum absolute atomic E-state index is 0.134. The number of benzene rings is 3. The Morgan fingerprint density at radius 3 is 2.37 bits per heavy atom. The van der Waals surface area contributed by atoms with Gasteiger partial charge in [0.2, 0.25) is 10.0 Å². The molecular formula is C27H29ClN4O5S. The molecule has 9 nitrogen and oxygen atoms in total. The normalized spacial score (nSPS) is 12.1. The van der Waals surface area contributed by atoms with Crippen LogP contribution in [0.25, 0.3) is 0 Å². The van der Waals surface area contributed by atoms with Gasteiger partial charge in [0.25, 0.3) is 11.8 Å². The fraction of sp³-hybridized carbons (Fsp3) is 0.222. The van der Waals surface area contributed by atoms with E-state index < -0.39 is 22.5 Å². The average Bonchev–Trinajstić information content (AvgIpc) is 2.87. The molecule has 0 unspecified atom stereocenters. The maximum Gasteiger partial charge on any atom is 0.260 e. The van der Waals surface area contributed by atoms with Crippen LogP contribution < -0.4 is 19.8 Å². The third-order valence-corrected chi connectivity index (χ3v) is 6.81. The van der Waals surface area contributed by atoms with Gasteiger partial charge in [0, 0.05) is 5.02 Å². The number of carbonyl (C=O) groups excluding carboxylic acids is 2. The van der Waals surface area contributed by atoms with Gasteiger partial charge < -0.3 is 10.1 Å². The first-order chi connectivity index (χ1) is 18.0. The molecule has 11 heteroatoms. The molecule has 0 spiro atoms. The number of rotatable bonds is 11. The standard InChI is InChI=1S/C27H29ClN4O5S/c1-19-15-23(28)11-14-25(19)32(38(3,35)36)17-26(33)31-29-16-21-9-12-24(13-10-21)37-18-27(34)30-20(2)22-7-5-4-6-8-22/h4-16,20H,17-18H2,1-3H3,(H,30,34)(H,31,33)/b29-16-/t20-/m1/s1. The Morgan fingerprint density at radius 1 is 1.05 bits per heavy atom. The van der Waals surface area contributed by atoms with Crippen LogP contribution in [-0.4, -0.2) is 45.9 Å². The van der Waals surface area contributed by atoms with E-state index in [0.717, 1.165) is 16.1 Å². The molecule has 0 aliphatic carbocycles. The second kappa shape index (κ2) is 13.1. The van der Waals surface area contributed by atoms with Crippen molar-refractivity contribution in [2.24, 2.45) is 5.10 Å². The second-order valence-electron chi connectivity index (χ2n) is 8.55. The Labute approximate surface area is 227 Å². The first-order valence-corrected chi connectivity index (χ1v) is 13.9. The maximum absolute atomic E-state index is 12.4. The van der Waals surface area contributed by atoms with E-state index in [9.17, 15) is 18.0 Å². The predicted molar refractivity (Wildman–Crippen MR) is 149 cm³/mol. The minimum Gasteiger partial charge on any atom is -0.484 e. The Kier molecular flexibility index (Phi) is 9.86. The summed E-state index contributed by atoms with van der Waals surface area (Å²) >= 11 is 5.96. The zero-order valence-corrected chi connectivity index (χ0v) is 22.8. The molecule has 0 aromatic heterocycles. The van der Waals surface area contributed by atoms with Crippen molar-refractivity contribution in [1.29, 1.82) is 0 Å². The number of carbonyl (C=O) groups is 2. The van der Waals surface area contributed by atoms with Crippen molar-refractivity contribution >= 4 is 45.3 Å². The largest absolute Gasteiger partial charge is 0.484 e. The van der Waals surface area contributed by atoms with Gasteiger partial charge in [-0.15, -0.1) is 0 Å². The number of nitrogens with one attached hydrogen (secondary N) is 2. The van der Waals surface area contributed by atoms with Crippen molar-refractivity contribution in [3.05, 3.63) is 94.5 Å². The zero-order chi connectivity index (χ0) is 27.7. The smallest absolute Gasteiger partial charge is 0.260 e. The van der Waals surface area contributed by atoms with E-state index in [4.69, 9.17) is 16.3 Å². The van der Waals surface area contributed by atoms with E-state index in [-0.39, 0.29) is 18.6 Å². The SMILES string of the molecule is Cc1cc(Cl)ccc1N(CC(=O)N/N=C\c1ccc(OCC(=O)N[C@H](C)c2ccccc2)cc1)S(C)(=O)=O. The number of aryl methyl sites for hydroxylation is 1. The molecule has 0 saturated heterocycles. The number of hydrogen-bond donors (Lipinski definition) is 2. The number of amides is 2. The third-order valence-electron chi connectivity index (χ3n) is 5.45. The molecule has 3 aromatic carbocycles. The third kappa shape index (κ3) is 8.60. The van der Waals surface area contributed by atoms with Crippen LogP contribution in [0.4, 0.5) is 5.69 Å². The molecular weight excluding hydrogens is 528 g/mol. The molecule has 3 aromatic rings. The zero-order valence-electron chi connectivity index (χ0n) is 21.2. The highest BCUT2D eigenvalue weighted by molar-refractivity contribution is 7.92. The molecule has 0 heterocycles. The van der Waals surface area contributed by atoms with Gasteiger partial charge in [-0.05, 0) is 73.0 Å². The summed E-state index contributed by atoms with van der Waals surface area (Å²) in [6.07, 6.45) is 2.43. The number of sulfonamides is 1. The topological polar surface area (TPSA) is 117 Å². The average molecular weight is 557 g/mol. The van der Waals surface area contributed by atoms with Crippen LogP contribution in [0.1, 0.15) is 29.7 Å². The lowest BCUT2D eigenvalue weighted by molar-refractivity contribution is -0.123. The van der Waals surface area contributed by atoms with Crippen molar-refractivity contribution in [3.8, 4) is 5.75 Å². The number of hydrazone groups is 1. The Hall–Kier alpha value is -3.89. The molecule has 0 bridgehead atoms. The van der Waals surface area contributed by atoms with Gasteiger partial charge in [-0.25, -0.2) is 13.8 Å². The number of halogens is 1. The van der Waals surface area contributed by atoms with Gasteiger partial charge >= 0.3 is 0 Å². The van der Waals surface area contributed by atoms with Crippen molar-refractivity contribution < 1.29 is 22.7 Å². The van der Waals surface area contributed by atoms with Gasteiger partial charge in [0.05, 0.1) is 24.2 Å². The minimum atomic E-state index is -3.73. The summed E-state index contributed by atoms with van der Waals surface area (Å²) in [7, 11) is -3.73. The molecule has 0 fully saturated rings. The van der Waals surface area contributed by atoms with Crippen LogP contribution in [0.2, 0.25) is 5.02 Å². The van der Waals surface area contributed by atoms with Gasteiger partial charge in [0.15, 0.2) is 6.61 Å². The van der Waals surface area contributed by atoms with Crippen LogP contribution >= 0.6 is 11.6 Å². The van der Waals surface area contributed by atoms with E-state index in [1.807, 2.05) is 37.3 Å². The summed E-state index contributed by atoms with van der Waals surface area (Å²) in [6, 6.07) is 21.0. The van der Waals surface area contributed by atoms with E-state index in [2.05, 4.69) is 15.8 Å². The number of nitrogens with zero attached hydrogens (tertiary/aromatic N) is 2. The molecule has 0 radical (unpaired) electrons. The highest BCUT2D eigenvalue weighted by atomic mass is 35.5. The highest BCUT2D eigenvalue weighted by Gasteiger charge is 2.22. The monoisotopic (exact) mass is 556 g/mol. The van der Waals surface area contributed by atoms with E-state index >= 15 is 0 Å². The van der Waals surface area contributed by atoms with Crippen LogP contribution in [0.15, 0.2) is 77.9 Å². The maximum atomic E-state index is 12.4. The Morgan fingerprint density at radius 2 is 1.74 bits per heavy atom. The van der Waals surface area contributed by atoms with Crippen molar-refractivity contribution in [3.63, 3.8) is 0 Å². The van der Waals surface area contributed by atoms with Crippen molar-refractivity contribution in [1.82, 2.24) is 10.7 Å². The molecule has 200 valence electrons. The van der Waals surface area contributed by atoms with Crippen molar-refractivity contribution in [2.75, 3.05) is 23.7 Å². The molecule has 2 amide bonds.